The van der Waals surface area contributed by atoms with Crippen LogP contribution in [-0.2, 0) is 10.0 Å². The number of nitrogens with one attached hydrogen (secondary N) is 1. The number of hydrogen-bond donors (Lipinski definition) is 3. The molecule has 1 aliphatic heterocycles. The van der Waals surface area contributed by atoms with Crippen molar-refractivity contribution in [3.63, 3.8) is 0 Å². The van der Waals surface area contributed by atoms with Gasteiger partial charge >= 0.3 is 6.09 Å². The van der Waals surface area contributed by atoms with Crippen LogP contribution < -0.4 is 11.2 Å². The largest absolute Gasteiger partial charge is 0.464 e. The molecule has 1 atom stereocenters. The number of nitrogens with two attached hydrogens (primary N) is 1. The van der Waals surface area contributed by atoms with Gasteiger partial charge in [0, 0.05) is 18.8 Å². The van der Waals surface area contributed by atoms with Gasteiger partial charge in [-0.05, 0) is 25.0 Å². The predicted octanol–water partition coefficient (Wildman–Crippen LogP) is -0.183. The zero-order chi connectivity index (χ0) is 16.2. The third kappa shape index (κ3) is 3.78. The fraction of sp³-hybridized carbons (Fsp3) is 0.417. The van der Waals surface area contributed by atoms with Crippen molar-refractivity contribution < 1.29 is 18.3 Å². The van der Waals surface area contributed by atoms with E-state index in [2.05, 4.69) is 10.1 Å². The monoisotopic (exact) mass is 327 g/mol. The summed E-state index contributed by atoms with van der Waals surface area (Å²) < 4.78 is 26.3. The first-order valence-electron chi connectivity index (χ1n) is 6.63. The average molecular weight is 327 g/mol. The molecule has 0 aliphatic carbocycles. The highest BCUT2D eigenvalue weighted by atomic mass is 32.2. The maximum Gasteiger partial charge on any atom is 0.425 e. The zero-order valence-electron chi connectivity index (χ0n) is 11.7. The lowest BCUT2D eigenvalue weighted by atomic mass is 10.1. The van der Waals surface area contributed by atoms with E-state index in [0.29, 0.717) is 12.8 Å². The van der Waals surface area contributed by atoms with Crippen molar-refractivity contribution in [2.24, 2.45) is 10.8 Å². The topological polar surface area (TPSA) is 138 Å². The van der Waals surface area contributed by atoms with Crippen molar-refractivity contribution >= 4 is 21.8 Å². The van der Waals surface area contributed by atoms with Gasteiger partial charge in [0.05, 0.1) is 12.3 Å². The van der Waals surface area contributed by atoms with E-state index in [9.17, 15) is 13.2 Å². The molecule has 2 rings (SSSR count). The van der Waals surface area contributed by atoms with Gasteiger partial charge in [-0.15, -0.1) is 0 Å². The maximum absolute atomic E-state index is 12.6. The van der Waals surface area contributed by atoms with Crippen LogP contribution in [0.15, 0.2) is 34.5 Å². The Kier molecular flexibility index (Phi) is 5.06. The van der Waals surface area contributed by atoms with Gasteiger partial charge in [0.2, 0.25) is 0 Å². The Labute approximate surface area is 127 Å². The lowest BCUT2D eigenvalue weighted by molar-refractivity contribution is 0.195. The second kappa shape index (κ2) is 6.81. The van der Waals surface area contributed by atoms with Crippen molar-refractivity contribution in [1.29, 1.82) is 0 Å². The first-order valence-corrected chi connectivity index (χ1v) is 8.07. The van der Waals surface area contributed by atoms with Crippen molar-refractivity contribution in [3.05, 3.63) is 24.4 Å². The van der Waals surface area contributed by atoms with E-state index in [4.69, 9.17) is 10.8 Å². The first kappa shape index (κ1) is 16.3. The average Bonchev–Trinajstić information content (AvgIpc) is 2.68. The summed E-state index contributed by atoms with van der Waals surface area (Å²) in [6.07, 6.45) is 1.15. The van der Waals surface area contributed by atoms with Crippen LogP contribution in [0.4, 0.5) is 4.79 Å². The molecule has 1 aromatic heterocycles. The maximum atomic E-state index is 12.6. The van der Waals surface area contributed by atoms with Gasteiger partial charge in [0.15, 0.2) is 5.03 Å². The van der Waals surface area contributed by atoms with Crippen LogP contribution in [0, 0.1) is 0 Å². The van der Waals surface area contributed by atoms with E-state index in [1.165, 1.54) is 16.6 Å². The summed E-state index contributed by atoms with van der Waals surface area (Å²) in [6, 6.07) is 4.13. The van der Waals surface area contributed by atoms with Crippen LogP contribution in [0.25, 0.3) is 0 Å². The molecule has 0 bridgehead atoms. The molecule has 10 heteroatoms. The highest BCUT2D eigenvalue weighted by Gasteiger charge is 2.30. The molecule has 4 N–H and O–H groups in total. The Balaban J connectivity index is 2.27. The number of rotatable bonds is 3. The molecular formula is C12H17N5O4S. The second-order valence-corrected chi connectivity index (χ2v) is 6.66. The minimum absolute atomic E-state index is 0.0592. The highest BCUT2D eigenvalue weighted by molar-refractivity contribution is 7.89. The lowest BCUT2D eigenvalue weighted by Crippen LogP contribution is -2.41. The van der Waals surface area contributed by atoms with Gasteiger partial charge in [0.1, 0.15) is 0 Å². The van der Waals surface area contributed by atoms with Crippen LogP contribution in [0.3, 0.4) is 0 Å². The van der Waals surface area contributed by atoms with Gasteiger partial charge in [0.25, 0.3) is 10.0 Å². The summed E-state index contributed by atoms with van der Waals surface area (Å²) in [7, 11) is -3.77. The van der Waals surface area contributed by atoms with Crippen molar-refractivity contribution in [1.82, 2.24) is 14.7 Å². The van der Waals surface area contributed by atoms with E-state index in [1.54, 1.807) is 12.1 Å². The standard InChI is InChI=1S/C12H17N5O4S/c13-9-4-3-7-17(8-10(9)15-16-12(18)19)22(20,21)11-5-1-2-6-14-11/h1-2,5-6,9,16H,3-4,7-8,13H2,(H,18,19). The van der Waals surface area contributed by atoms with Gasteiger partial charge in [-0.2, -0.15) is 9.41 Å². The third-order valence-corrected chi connectivity index (χ3v) is 4.99. The summed E-state index contributed by atoms with van der Waals surface area (Å²) in [5.74, 6) is 0. The number of carboxylic acid groups (broad SMARTS) is 1. The minimum Gasteiger partial charge on any atom is -0.464 e. The Hall–Kier alpha value is -2.04. The van der Waals surface area contributed by atoms with Crippen LogP contribution in [0.5, 0.6) is 0 Å². The number of pyridine rings is 1. The Morgan fingerprint density at radius 1 is 1.50 bits per heavy atom. The molecular weight excluding hydrogens is 310 g/mol. The van der Waals surface area contributed by atoms with Gasteiger partial charge in [-0.3, -0.25) is 0 Å². The lowest BCUT2D eigenvalue weighted by Gasteiger charge is -2.20. The quantitative estimate of drug-likeness (QED) is 0.658. The number of sulfonamides is 1. The number of aromatic nitrogens is 1. The molecule has 1 saturated heterocycles. The van der Waals surface area contributed by atoms with E-state index in [-0.39, 0.29) is 23.8 Å². The summed E-state index contributed by atoms with van der Waals surface area (Å²) in [5.41, 5.74) is 8.06. The highest BCUT2D eigenvalue weighted by Crippen LogP contribution is 2.17. The summed E-state index contributed by atoms with van der Waals surface area (Å²) in [6.45, 7) is 0.207. The Bertz CT molecular complexity index is 661. The molecule has 1 fully saturated rings. The number of amides is 1. The molecule has 1 amide bonds. The smallest absolute Gasteiger partial charge is 0.425 e. The summed E-state index contributed by atoms with van der Waals surface area (Å²) in [5, 5.41) is 12.2. The number of hydrazone groups is 1. The van der Waals surface area contributed by atoms with E-state index in [1.807, 2.05) is 5.43 Å². The minimum atomic E-state index is -3.77. The molecule has 120 valence electrons. The Morgan fingerprint density at radius 3 is 2.91 bits per heavy atom. The predicted molar refractivity (Wildman–Crippen MR) is 78.8 cm³/mol. The molecule has 2 heterocycles. The van der Waals surface area contributed by atoms with Crippen molar-refractivity contribution in [2.45, 2.75) is 23.9 Å². The fourth-order valence-corrected chi connectivity index (χ4v) is 3.49. The molecule has 0 radical (unpaired) electrons. The van der Waals surface area contributed by atoms with E-state index >= 15 is 0 Å². The molecule has 1 aliphatic rings. The first-order chi connectivity index (χ1) is 10.4. The normalized spacial score (nSPS) is 22.2. The fourth-order valence-electron chi connectivity index (χ4n) is 2.11. The van der Waals surface area contributed by atoms with E-state index in [0.717, 1.165) is 0 Å². The number of hydrogen-bond acceptors (Lipinski definition) is 6. The van der Waals surface area contributed by atoms with Crippen molar-refractivity contribution in [3.8, 4) is 0 Å². The van der Waals surface area contributed by atoms with E-state index < -0.39 is 22.2 Å². The van der Waals surface area contributed by atoms with Crippen LogP contribution in [0.2, 0.25) is 0 Å². The van der Waals surface area contributed by atoms with Crippen LogP contribution in [-0.4, -0.2) is 53.7 Å². The summed E-state index contributed by atoms with van der Waals surface area (Å²) in [4.78, 5) is 14.4. The molecule has 0 saturated carbocycles. The molecule has 0 aromatic carbocycles. The molecule has 1 unspecified atom stereocenters. The van der Waals surface area contributed by atoms with Crippen LogP contribution in [0.1, 0.15) is 12.8 Å². The van der Waals surface area contributed by atoms with Crippen molar-refractivity contribution in [2.75, 3.05) is 13.1 Å². The van der Waals surface area contributed by atoms with Gasteiger partial charge in [-0.25, -0.2) is 23.6 Å². The molecule has 9 nitrogen and oxygen atoms in total. The molecule has 0 spiro atoms. The van der Waals surface area contributed by atoms with Crippen LogP contribution >= 0.6 is 0 Å². The van der Waals surface area contributed by atoms with Gasteiger partial charge < -0.3 is 10.8 Å². The molecule has 22 heavy (non-hydrogen) atoms. The number of nitrogens with zero attached hydrogens (tertiary/aromatic N) is 3. The SMILES string of the molecule is NC1CCCN(S(=O)(=O)c2ccccn2)CC1=NNC(=O)O. The number of carbonyl (C=O) groups is 1. The summed E-state index contributed by atoms with van der Waals surface area (Å²) >= 11 is 0. The Morgan fingerprint density at radius 2 is 2.27 bits per heavy atom. The third-order valence-electron chi connectivity index (χ3n) is 3.23. The zero-order valence-corrected chi connectivity index (χ0v) is 12.5. The second-order valence-electron chi connectivity index (χ2n) is 4.78. The molecule has 1 aromatic rings. The van der Waals surface area contributed by atoms with Gasteiger partial charge in [-0.1, -0.05) is 6.07 Å².